The van der Waals surface area contributed by atoms with E-state index in [9.17, 15) is 9.59 Å². The molecule has 0 aliphatic carbocycles. The van der Waals surface area contributed by atoms with E-state index in [1.807, 2.05) is 6.92 Å². The molecule has 0 bridgehead atoms. The number of methoxy groups -OCH3 is 1. The summed E-state index contributed by atoms with van der Waals surface area (Å²) in [7, 11) is 1.55. The highest BCUT2D eigenvalue weighted by Gasteiger charge is 2.23. The van der Waals surface area contributed by atoms with Crippen molar-refractivity contribution in [2.45, 2.75) is 19.9 Å². The van der Waals surface area contributed by atoms with Gasteiger partial charge in [0.25, 0.3) is 0 Å². The lowest BCUT2D eigenvalue weighted by Crippen LogP contribution is -2.48. The summed E-state index contributed by atoms with van der Waals surface area (Å²) >= 11 is 0. The van der Waals surface area contributed by atoms with Crippen molar-refractivity contribution in [2.24, 2.45) is 5.10 Å². The minimum absolute atomic E-state index is 0.194. The van der Waals surface area contributed by atoms with Gasteiger partial charge in [-0.1, -0.05) is 0 Å². The Labute approximate surface area is 116 Å². The summed E-state index contributed by atoms with van der Waals surface area (Å²) in [6.45, 7) is 3.24. The van der Waals surface area contributed by atoms with Crippen LogP contribution >= 0.6 is 0 Å². The second-order valence-corrected chi connectivity index (χ2v) is 4.40. The van der Waals surface area contributed by atoms with Crippen LogP contribution in [0.2, 0.25) is 0 Å². The van der Waals surface area contributed by atoms with Crippen molar-refractivity contribution in [2.75, 3.05) is 12.4 Å². The van der Waals surface area contributed by atoms with Crippen LogP contribution in [0.5, 0.6) is 5.75 Å². The van der Waals surface area contributed by atoms with Gasteiger partial charge in [-0.3, -0.25) is 4.79 Å². The van der Waals surface area contributed by atoms with E-state index in [-0.39, 0.29) is 18.0 Å². The van der Waals surface area contributed by atoms with E-state index < -0.39 is 0 Å². The van der Waals surface area contributed by atoms with E-state index in [1.54, 1.807) is 25.3 Å². The molecule has 3 amide bonds. The van der Waals surface area contributed by atoms with Gasteiger partial charge in [0.1, 0.15) is 5.75 Å². The number of amides is 3. The third kappa shape index (κ3) is 2.87. The fourth-order valence-electron chi connectivity index (χ4n) is 1.97. The third-order valence-electron chi connectivity index (χ3n) is 2.85. The zero-order valence-electron chi connectivity index (χ0n) is 11.5. The Balaban J connectivity index is 2.44. The Bertz CT molecular complexity index is 583. The van der Waals surface area contributed by atoms with Gasteiger partial charge >= 0.3 is 6.03 Å². The molecule has 1 aliphatic heterocycles. The summed E-state index contributed by atoms with van der Waals surface area (Å²) < 4.78 is 5.15. The molecule has 0 saturated heterocycles. The van der Waals surface area contributed by atoms with E-state index in [0.29, 0.717) is 17.1 Å². The maximum absolute atomic E-state index is 11.3. The molecule has 1 unspecified atom stereocenters. The summed E-state index contributed by atoms with van der Waals surface area (Å²) in [5.41, 5.74) is 4.31. The van der Waals surface area contributed by atoms with Crippen molar-refractivity contribution in [3.8, 4) is 5.75 Å². The Hall–Kier alpha value is -2.57. The molecule has 1 aromatic carbocycles. The SMILES string of the molecule is COc1ccc(C2=NNC(=O)NC2C)c(NC(C)=O)c1. The van der Waals surface area contributed by atoms with Crippen molar-refractivity contribution in [1.82, 2.24) is 10.7 Å². The largest absolute Gasteiger partial charge is 0.497 e. The number of carbonyl (C=O) groups is 2. The van der Waals surface area contributed by atoms with Crippen molar-refractivity contribution in [3.63, 3.8) is 0 Å². The van der Waals surface area contributed by atoms with Gasteiger partial charge in [0.2, 0.25) is 5.91 Å². The summed E-state index contributed by atoms with van der Waals surface area (Å²) in [5.74, 6) is 0.430. The minimum atomic E-state index is -0.351. The van der Waals surface area contributed by atoms with Crippen LogP contribution in [0, 0.1) is 0 Å². The average molecular weight is 276 g/mol. The maximum atomic E-state index is 11.3. The number of hydrogen-bond donors (Lipinski definition) is 3. The monoisotopic (exact) mass is 276 g/mol. The van der Waals surface area contributed by atoms with E-state index in [4.69, 9.17) is 4.74 Å². The number of carbonyl (C=O) groups excluding carboxylic acids is 2. The highest BCUT2D eigenvalue weighted by atomic mass is 16.5. The maximum Gasteiger partial charge on any atom is 0.335 e. The molecule has 7 nitrogen and oxygen atoms in total. The summed E-state index contributed by atoms with van der Waals surface area (Å²) in [4.78, 5) is 22.5. The number of benzene rings is 1. The van der Waals surface area contributed by atoms with Crippen LogP contribution in [0.25, 0.3) is 0 Å². The van der Waals surface area contributed by atoms with Crippen LogP contribution in [0.3, 0.4) is 0 Å². The normalized spacial score (nSPS) is 17.6. The first-order chi connectivity index (χ1) is 9.51. The van der Waals surface area contributed by atoms with Crippen molar-refractivity contribution >= 4 is 23.3 Å². The number of urea groups is 1. The standard InChI is InChI=1S/C13H16N4O3/c1-7-12(16-17-13(19)14-7)10-5-4-9(20-3)6-11(10)15-8(2)18/h4-7H,1-3H3,(H,15,18)(H2,14,17,19). The third-order valence-corrected chi connectivity index (χ3v) is 2.85. The van der Waals surface area contributed by atoms with Crippen LogP contribution in [-0.2, 0) is 4.79 Å². The number of nitrogens with one attached hydrogen (secondary N) is 3. The van der Waals surface area contributed by atoms with Gasteiger partial charge in [0.05, 0.1) is 24.6 Å². The van der Waals surface area contributed by atoms with E-state index in [1.165, 1.54) is 6.92 Å². The first-order valence-corrected chi connectivity index (χ1v) is 6.11. The molecule has 106 valence electrons. The summed E-state index contributed by atoms with van der Waals surface area (Å²) in [5, 5.41) is 9.50. The number of hydrogen-bond acceptors (Lipinski definition) is 4. The lowest BCUT2D eigenvalue weighted by Gasteiger charge is -2.23. The predicted molar refractivity (Wildman–Crippen MR) is 75.0 cm³/mol. The van der Waals surface area contributed by atoms with Crippen LogP contribution in [0.4, 0.5) is 10.5 Å². The van der Waals surface area contributed by atoms with Gasteiger partial charge in [-0.25, -0.2) is 10.2 Å². The van der Waals surface area contributed by atoms with Crippen molar-refractivity contribution in [1.29, 1.82) is 0 Å². The summed E-state index contributed by atoms with van der Waals surface area (Å²) in [6, 6.07) is 4.66. The van der Waals surface area contributed by atoms with Gasteiger partial charge < -0.3 is 15.4 Å². The number of anilines is 1. The second kappa shape index (κ2) is 5.60. The Morgan fingerprint density at radius 3 is 2.80 bits per heavy atom. The Kier molecular flexibility index (Phi) is 3.88. The minimum Gasteiger partial charge on any atom is -0.497 e. The Morgan fingerprint density at radius 1 is 1.45 bits per heavy atom. The lowest BCUT2D eigenvalue weighted by atomic mass is 10.0. The van der Waals surface area contributed by atoms with Crippen LogP contribution in [0.15, 0.2) is 23.3 Å². The molecule has 7 heteroatoms. The molecule has 20 heavy (non-hydrogen) atoms. The molecule has 0 spiro atoms. The highest BCUT2D eigenvalue weighted by molar-refractivity contribution is 6.12. The number of nitrogens with zero attached hydrogens (tertiary/aromatic N) is 1. The second-order valence-electron chi connectivity index (χ2n) is 4.40. The van der Waals surface area contributed by atoms with Gasteiger partial charge in [0, 0.05) is 18.6 Å². The predicted octanol–water partition coefficient (Wildman–Crippen LogP) is 1.06. The van der Waals surface area contributed by atoms with E-state index >= 15 is 0 Å². The smallest absolute Gasteiger partial charge is 0.335 e. The van der Waals surface area contributed by atoms with Gasteiger partial charge in [-0.15, -0.1) is 0 Å². The van der Waals surface area contributed by atoms with Gasteiger partial charge in [-0.2, -0.15) is 5.10 Å². The molecule has 1 atom stereocenters. The number of rotatable bonds is 3. The molecule has 1 aliphatic rings. The quantitative estimate of drug-likeness (QED) is 0.770. The molecule has 3 N–H and O–H groups in total. The fraction of sp³-hybridized carbons (Fsp3) is 0.308. The lowest BCUT2D eigenvalue weighted by molar-refractivity contribution is -0.114. The van der Waals surface area contributed by atoms with Crippen molar-refractivity contribution in [3.05, 3.63) is 23.8 Å². The molecule has 0 fully saturated rings. The molecular formula is C13H16N4O3. The number of hydrazone groups is 1. The molecule has 0 radical (unpaired) electrons. The molecule has 2 rings (SSSR count). The average Bonchev–Trinajstić information content (AvgIpc) is 2.38. The molecular weight excluding hydrogens is 260 g/mol. The highest BCUT2D eigenvalue weighted by Crippen LogP contribution is 2.24. The van der Waals surface area contributed by atoms with Crippen molar-refractivity contribution < 1.29 is 14.3 Å². The van der Waals surface area contributed by atoms with E-state index in [0.717, 1.165) is 5.56 Å². The van der Waals surface area contributed by atoms with E-state index in [2.05, 4.69) is 21.2 Å². The van der Waals surface area contributed by atoms with Gasteiger partial charge in [0.15, 0.2) is 0 Å². The van der Waals surface area contributed by atoms with Crippen LogP contribution in [-0.4, -0.2) is 30.8 Å². The zero-order chi connectivity index (χ0) is 14.7. The zero-order valence-corrected chi connectivity index (χ0v) is 11.5. The fourth-order valence-corrected chi connectivity index (χ4v) is 1.97. The first kappa shape index (κ1) is 13.9. The molecule has 1 aromatic rings. The van der Waals surface area contributed by atoms with Crippen LogP contribution < -0.4 is 20.8 Å². The molecule has 0 saturated carbocycles. The first-order valence-electron chi connectivity index (χ1n) is 6.11. The van der Waals surface area contributed by atoms with Gasteiger partial charge in [-0.05, 0) is 19.1 Å². The molecule has 1 heterocycles. The number of ether oxygens (including phenoxy) is 1. The molecule has 0 aromatic heterocycles. The van der Waals surface area contributed by atoms with Crippen LogP contribution in [0.1, 0.15) is 19.4 Å². The Morgan fingerprint density at radius 2 is 2.20 bits per heavy atom. The summed E-state index contributed by atoms with van der Waals surface area (Å²) in [6.07, 6.45) is 0. The topological polar surface area (TPSA) is 91.8 Å².